The number of halogens is 3. The molecule has 0 spiro atoms. The van der Waals surface area contributed by atoms with Crippen molar-refractivity contribution >= 4 is 0 Å². The smallest absolute Gasteiger partial charge is 0.407 e. The van der Waals surface area contributed by atoms with Crippen LogP contribution < -0.4 is 5.73 Å². The van der Waals surface area contributed by atoms with Crippen LogP contribution in [0.2, 0.25) is 0 Å². The second kappa shape index (κ2) is 3.62. The number of hydrogen-bond acceptors (Lipinski definition) is 3. The lowest BCUT2D eigenvalue weighted by molar-refractivity contribution is -0.149. The summed E-state index contributed by atoms with van der Waals surface area (Å²) in [6, 6.07) is -0.167. The molecule has 0 aliphatic rings. The summed E-state index contributed by atoms with van der Waals surface area (Å²) in [6.07, 6.45) is -4.70. The number of phenols is 2. The number of hydrogen-bond donors (Lipinski definition) is 3. The lowest BCUT2D eigenvalue weighted by Gasteiger charge is -2.18. The standard InChI is InChI=1S/C9H10F3NO2/c1-4-2-5(14)7(6(15)3-4)8(13)9(10,11)12/h2-3,8,14-15H,13H2,1H3/t8-/m1/s1. The van der Waals surface area contributed by atoms with E-state index in [1.807, 2.05) is 0 Å². The van der Waals surface area contributed by atoms with Crippen LogP contribution in [0, 0.1) is 6.92 Å². The fourth-order valence-electron chi connectivity index (χ4n) is 1.24. The molecule has 1 aromatic rings. The highest BCUT2D eigenvalue weighted by Crippen LogP contribution is 2.40. The molecule has 1 aromatic carbocycles. The van der Waals surface area contributed by atoms with Crippen molar-refractivity contribution in [1.29, 1.82) is 0 Å². The summed E-state index contributed by atoms with van der Waals surface area (Å²) in [5, 5.41) is 18.5. The van der Waals surface area contributed by atoms with E-state index in [-0.39, 0.29) is 0 Å². The predicted molar refractivity (Wildman–Crippen MR) is 47.5 cm³/mol. The van der Waals surface area contributed by atoms with E-state index in [0.29, 0.717) is 5.56 Å². The molecule has 0 unspecified atom stereocenters. The Bertz CT molecular complexity index is 353. The van der Waals surface area contributed by atoms with Crippen LogP contribution in [-0.2, 0) is 0 Å². The molecule has 0 bridgehead atoms. The van der Waals surface area contributed by atoms with Gasteiger partial charge in [-0.05, 0) is 24.6 Å². The van der Waals surface area contributed by atoms with Gasteiger partial charge in [-0.2, -0.15) is 13.2 Å². The monoisotopic (exact) mass is 221 g/mol. The number of rotatable bonds is 1. The second-order valence-electron chi connectivity index (χ2n) is 3.24. The Balaban J connectivity index is 3.26. The van der Waals surface area contributed by atoms with Crippen LogP contribution in [0.15, 0.2) is 12.1 Å². The van der Waals surface area contributed by atoms with E-state index in [0.717, 1.165) is 12.1 Å². The minimum atomic E-state index is -4.70. The van der Waals surface area contributed by atoms with Gasteiger partial charge in [0.05, 0.1) is 5.56 Å². The van der Waals surface area contributed by atoms with Gasteiger partial charge < -0.3 is 15.9 Å². The minimum absolute atomic E-state index is 0.447. The number of alkyl halides is 3. The Labute approximate surface area is 84.0 Å². The van der Waals surface area contributed by atoms with Crippen LogP contribution in [0.3, 0.4) is 0 Å². The quantitative estimate of drug-likeness (QED) is 0.679. The molecule has 1 rings (SSSR count). The molecule has 0 aliphatic heterocycles. The number of benzene rings is 1. The van der Waals surface area contributed by atoms with E-state index in [1.165, 1.54) is 6.92 Å². The number of aromatic hydroxyl groups is 2. The molecule has 1 atom stereocenters. The van der Waals surface area contributed by atoms with E-state index in [1.54, 1.807) is 0 Å². The summed E-state index contributed by atoms with van der Waals surface area (Å²) >= 11 is 0. The molecule has 6 heteroatoms. The van der Waals surface area contributed by atoms with Gasteiger partial charge in [-0.1, -0.05) is 0 Å². The lowest BCUT2D eigenvalue weighted by Crippen LogP contribution is -2.28. The third-order valence-electron chi connectivity index (χ3n) is 1.94. The average molecular weight is 221 g/mol. The number of aryl methyl sites for hydroxylation is 1. The van der Waals surface area contributed by atoms with Crippen molar-refractivity contribution in [3.63, 3.8) is 0 Å². The van der Waals surface area contributed by atoms with Gasteiger partial charge in [0.25, 0.3) is 0 Å². The van der Waals surface area contributed by atoms with Gasteiger partial charge in [0.2, 0.25) is 0 Å². The predicted octanol–water partition coefficient (Wildman–Crippen LogP) is 1.97. The van der Waals surface area contributed by atoms with Crippen molar-refractivity contribution in [2.75, 3.05) is 0 Å². The normalized spacial score (nSPS) is 13.9. The SMILES string of the molecule is Cc1cc(O)c([C@@H](N)C(F)(F)F)c(O)c1. The Morgan fingerprint density at radius 2 is 1.60 bits per heavy atom. The van der Waals surface area contributed by atoms with Crippen LogP contribution in [0.1, 0.15) is 17.2 Å². The molecule has 3 nitrogen and oxygen atoms in total. The number of phenolic OH excluding ortho intramolecular Hbond substituents is 2. The summed E-state index contributed by atoms with van der Waals surface area (Å²) in [4.78, 5) is 0. The van der Waals surface area contributed by atoms with Gasteiger partial charge in [-0.25, -0.2) is 0 Å². The fraction of sp³-hybridized carbons (Fsp3) is 0.333. The first-order valence-electron chi connectivity index (χ1n) is 4.08. The van der Waals surface area contributed by atoms with Crippen molar-refractivity contribution in [1.82, 2.24) is 0 Å². The van der Waals surface area contributed by atoms with Gasteiger partial charge in [-0.15, -0.1) is 0 Å². The van der Waals surface area contributed by atoms with Crippen molar-refractivity contribution in [3.8, 4) is 11.5 Å². The summed E-state index contributed by atoms with van der Waals surface area (Å²) < 4.78 is 36.7. The van der Waals surface area contributed by atoms with Gasteiger partial charge in [0.1, 0.15) is 17.5 Å². The summed E-state index contributed by atoms with van der Waals surface area (Å²) in [5.41, 5.74) is 4.63. The molecule has 0 heterocycles. The fourth-order valence-corrected chi connectivity index (χ4v) is 1.24. The highest BCUT2D eigenvalue weighted by Gasteiger charge is 2.40. The van der Waals surface area contributed by atoms with Crippen LogP contribution in [0.4, 0.5) is 13.2 Å². The van der Waals surface area contributed by atoms with E-state index in [9.17, 15) is 23.4 Å². The third kappa shape index (κ3) is 2.33. The zero-order valence-electron chi connectivity index (χ0n) is 7.84. The minimum Gasteiger partial charge on any atom is -0.507 e. The van der Waals surface area contributed by atoms with E-state index < -0.39 is 29.3 Å². The molecular weight excluding hydrogens is 211 g/mol. The maximum atomic E-state index is 12.2. The topological polar surface area (TPSA) is 66.5 Å². The zero-order chi connectivity index (χ0) is 11.8. The third-order valence-corrected chi connectivity index (χ3v) is 1.94. The maximum Gasteiger partial charge on any atom is 0.407 e. The van der Waals surface area contributed by atoms with Gasteiger partial charge >= 0.3 is 6.18 Å². The molecule has 0 amide bonds. The van der Waals surface area contributed by atoms with E-state index in [2.05, 4.69) is 0 Å². The highest BCUT2D eigenvalue weighted by molar-refractivity contribution is 5.48. The number of nitrogens with two attached hydrogens (primary N) is 1. The molecule has 4 N–H and O–H groups in total. The van der Waals surface area contributed by atoms with Crippen LogP contribution in [0.25, 0.3) is 0 Å². The average Bonchev–Trinajstić information content (AvgIpc) is 1.99. The van der Waals surface area contributed by atoms with Crippen molar-refractivity contribution in [3.05, 3.63) is 23.3 Å². The Morgan fingerprint density at radius 3 is 1.93 bits per heavy atom. The lowest BCUT2D eigenvalue weighted by atomic mass is 10.0. The molecule has 0 saturated carbocycles. The maximum absolute atomic E-state index is 12.2. The zero-order valence-corrected chi connectivity index (χ0v) is 7.84. The molecule has 15 heavy (non-hydrogen) atoms. The summed E-state index contributed by atoms with van der Waals surface area (Å²) in [6.45, 7) is 1.53. The van der Waals surface area contributed by atoms with Crippen molar-refractivity contribution in [2.45, 2.75) is 19.1 Å². The van der Waals surface area contributed by atoms with Gasteiger partial charge in [0.15, 0.2) is 0 Å². The molecule has 0 fully saturated rings. The molecule has 0 aliphatic carbocycles. The van der Waals surface area contributed by atoms with Crippen molar-refractivity contribution < 1.29 is 23.4 Å². The summed E-state index contributed by atoms with van der Waals surface area (Å²) in [7, 11) is 0. The molecule has 0 saturated heterocycles. The first kappa shape index (κ1) is 11.6. The molecule has 84 valence electrons. The van der Waals surface area contributed by atoms with Gasteiger partial charge in [0, 0.05) is 0 Å². The van der Waals surface area contributed by atoms with E-state index >= 15 is 0 Å². The highest BCUT2D eigenvalue weighted by atomic mass is 19.4. The van der Waals surface area contributed by atoms with Crippen LogP contribution in [-0.4, -0.2) is 16.4 Å². The van der Waals surface area contributed by atoms with Crippen molar-refractivity contribution in [2.24, 2.45) is 5.73 Å². The van der Waals surface area contributed by atoms with Crippen LogP contribution >= 0.6 is 0 Å². The summed E-state index contributed by atoms with van der Waals surface area (Å²) in [5.74, 6) is -1.31. The Kier molecular flexibility index (Phi) is 2.81. The first-order valence-corrected chi connectivity index (χ1v) is 4.08. The first-order chi connectivity index (χ1) is 6.73. The van der Waals surface area contributed by atoms with Gasteiger partial charge in [-0.3, -0.25) is 0 Å². The Morgan fingerprint density at radius 1 is 1.20 bits per heavy atom. The van der Waals surface area contributed by atoms with E-state index in [4.69, 9.17) is 5.73 Å². The molecule has 0 radical (unpaired) electrons. The van der Waals surface area contributed by atoms with Crippen LogP contribution in [0.5, 0.6) is 11.5 Å². The Hall–Kier alpha value is -1.43. The molecule has 0 aromatic heterocycles. The molecular formula is C9H10F3NO2. The second-order valence-corrected chi connectivity index (χ2v) is 3.24. The largest absolute Gasteiger partial charge is 0.507 e.